The van der Waals surface area contributed by atoms with Gasteiger partial charge >= 0.3 is 0 Å². The lowest BCUT2D eigenvalue weighted by Crippen LogP contribution is -2.18. The fourth-order valence-corrected chi connectivity index (χ4v) is 2.34. The van der Waals surface area contributed by atoms with Gasteiger partial charge in [-0.1, -0.05) is 30.3 Å². The summed E-state index contributed by atoms with van der Waals surface area (Å²) in [6.45, 7) is 2.80. The van der Waals surface area contributed by atoms with E-state index in [1.165, 1.54) is 10.5 Å². The second kappa shape index (κ2) is 6.64. The minimum atomic E-state index is 0.260. The van der Waals surface area contributed by atoms with Gasteiger partial charge in [0.15, 0.2) is 0 Å². The Kier molecular flexibility index (Phi) is 4.88. The normalized spacial score (nSPS) is 12.3. The first-order chi connectivity index (χ1) is 9.20. The van der Waals surface area contributed by atoms with Crippen LogP contribution in [0.1, 0.15) is 24.1 Å². The summed E-state index contributed by atoms with van der Waals surface area (Å²) in [4.78, 5) is 1.27. The highest BCUT2D eigenvalue weighted by Gasteiger charge is 2.06. The molecule has 0 saturated heterocycles. The maximum Gasteiger partial charge on any atom is 0.120 e. The van der Waals surface area contributed by atoms with Crippen LogP contribution in [0.25, 0.3) is 0 Å². The molecule has 0 aliphatic carbocycles. The first-order valence-electron chi connectivity index (χ1n) is 6.35. The van der Waals surface area contributed by atoms with Crippen molar-refractivity contribution in [2.45, 2.75) is 24.4 Å². The van der Waals surface area contributed by atoms with Gasteiger partial charge in [-0.2, -0.15) is 0 Å². The molecule has 2 nitrogen and oxygen atoms in total. The fourth-order valence-electron chi connectivity index (χ4n) is 1.93. The molecule has 0 bridgehead atoms. The number of benzene rings is 2. The molecule has 0 radical (unpaired) electrons. The van der Waals surface area contributed by atoms with Crippen molar-refractivity contribution in [1.82, 2.24) is 5.32 Å². The number of phenols is 1. The smallest absolute Gasteiger partial charge is 0.120 e. The minimum absolute atomic E-state index is 0.260. The van der Waals surface area contributed by atoms with Crippen LogP contribution in [0.4, 0.5) is 0 Å². The quantitative estimate of drug-likeness (QED) is 0.809. The minimum Gasteiger partial charge on any atom is -0.508 e. The van der Waals surface area contributed by atoms with Gasteiger partial charge in [0.05, 0.1) is 0 Å². The first-order valence-corrected chi connectivity index (χ1v) is 7.57. The van der Waals surface area contributed by atoms with Crippen molar-refractivity contribution in [2.24, 2.45) is 0 Å². The molecule has 2 aromatic rings. The molecular formula is C16H19NOS. The number of hydrogen-bond acceptors (Lipinski definition) is 3. The average Bonchev–Trinajstić information content (AvgIpc) is 2.46. The van der Waals surface area contributed by atoms with Gasteiger partial charge in [-0.25, -0.2) is 0 Å². The van der Waals surface area contributed by atoms with E-state index in [2.05, 4.69) is 42.8 Å². The van der Waals surface area contributed by atoms with Gasteiger partial charge in [-0.3, -0.25) is 0 Å². The van der Waals surface area contributed by atoms with E-state index >= 15 is 0 Å². The number of thioether (sulfide) groups is 1. The number of aromatic hydroxyl groups is 1. The molecule has 0 spiro atoms. The van der Waals surface area contributed by atoms with Crippen LogP contribution >= 0.6 is 11.8 Å². The number of phenolic OH excluding ortho intramolecular Hbond substituents is 1. The zero-order valence-electron chi connectivity index (χ0n) is 11.3. The van der Waals surface area contributed by atoms with Crippen LogP contribution in [-0.4, -0.2) is 11.4 Å². The molecule has 0 heterocycles. The van der Waals surface area contributed by atoms with Gasteiger partial charge in [-0.05, 0) is 36.9 Å². The first kappa shape index (κ1) is 14.0. The predicted octanol–water partition coefficient (Wildman–Crippen LogP) is 3.96. The van der Waals surface area contributed by atoms with E-state index in [0.717, 1.165) is 5.56 Å². The number of rotatable bonds is 5. The van der Waals surface area contributed by atoms with Gasteiger partial charge in [0.25, 0.3) is 0 Å². The maximum atomic E-state index is 9.72. The largest absolute Gasteiger partial charge is 0.508 e. The van der Waals surface area contributed by atoms with Crippen molar-refractivity contribution in [3.8, 4) is 5.75 Å². The number of hydrogen-bond donors (Lipinski definition) is 2. The highest BCUT2D eigenvalue weighted by atomic mass is 32.2. The molecule has 19 heavy (non-hydrogen) atoms. The van der Waals surface area contributed by atoms with Gasteiger partial charge < -0.3 is 10.4 Å². The second-order valence-corrected chi connectivity index (χ2v) is 5.38. The molecule has 0 aliphatic rings. The van der Waals surface area contributed by atoms with E-state index in [0.29, 0.717) is 12.3 Å². The Morgan fingerprint density at radius 2 is 1.79 bits per heavy atom. The van der Waals surface area contributed by atoms with Crippen molar-refractivity contribution >= 4 is 11.8 Å². The van der Waals surface area contributed by atoms with Crippen LogP contribution in [-0.2, 0) is 6.54 Å². The molecule has 0 aliphatic heterocycles. The van der Waals surface area contributed by atoms with E-state index in [1.807, 2.05) is 18.2 Å². The van der Waals surface area contributed by atoms with Gasteiger partial charge in [0.1, 0.15) is 5.75 Å². The van der Waals surface area contributed by atoms with Crippen molar-refractivity contribution in [3.63, 3.8) is 0 Å². The third kappa shape index (κ3) is 3.75. The van der Waals surface area contributed by atoms with E-state index in [9.17, 15) is 5.11 Å². The summed E-state index contributed by atoms with van der Waals surface area (Å²) in [6.07, 6.45) is 2.08. The molecule has 2 rings (SSSR count). The molecule has 0 saturated carbocycles. The Labute approximate surface area is 118 Å². The van der Waals surface area contributed by atoms with Gasteiger partial charge in [0, 0.05) is 23.0 Å². The Balaban J connectivity index is 1.97. The lowest BCUT2D eigenvalue weighted by Gasteiger charge is -2.15. The summed E-state index contributed by atoms with van der Waals surface area (Å²) in [5, 5.41) is 13.1. The zero-order chi connectivity index (χ0) is 13.7. The molecule has 0 aromatic heterocycles. The van der Waals surface area contributed by atoms with Crippen LogP contribution in [0.2, 0.25) is 0 Å². The monoisotopic (exact) mass is 273 g/mol. The van der Waals surface area contributed by atoms with Crippen LogP contribution < -0.4 is 5.32 Å². The summed E-state index contributed by atoms with van der Waals surface area (Å²) >= 11 is 1.75. The summed E-state index contributed by atoms with van der Waals surface area (Å²) in [7, 11) is 0. The molecule has 100 valence electrons. The third-order valence-electron chi connectivity index (χ3n) is 3.21. The standard InChI is InChI=1S/C16H19NOS/c1-12(13-7-9-15(19-2)10-8-13)17-11-14-5-3-4-6-16(14)18/h3-10,12,17-18H,11H2,1-2H3. The fraction of sp³-hybridized carbons (Fsp3) is 0.250. The Bertz CT molecular complexity index is 525. The predicted molar refractivity (Wildman–Crippen MR) is 81.6 cm³/mol. The highest BCUT2D eigenvalue weighted by Crippen LogP contribution is 2.20. The van der Waals surface area contributed by atoms with E-state index in [4.69, 9.17) is 0 Å². The Hall–Kier alpha value is -1.45. The lowest BCUT2D eigenvalue weighted by atomic mass is 10.1. The second-order valence-electron chi connectivity index (χ2n) is 4.50. The molecule has 1 unspecified atom stereocenters. The molecule has 3 heteroatoms. The van der Waals surface area contributed by atoms with Crippen LogP contribution in [0.3, 0.4) is 0 Å². The summed E-state index contributed by atoms with van der Waals surface area (Å²) in [6, 6.07) is 16.3. The van der Waals surface area contributed by atoms with Crippen molar-refractivity contribution in [3.05, 3.63) is 59.7 Å². The van der Waals surface area contributed by atoms with Gasteiger partial charge in [0.2, 0.25) is 0 Å². The summed E-state index contributed by atoms with van der Waals surface area (Å²) in [5.41, 5.74) is 2.18. The zero-order valence-corrected chi connectivity index (χ0v) is 12.1. The van der Waals surface area contributed by atoms with Crippen molar-refractivity contribution < 1.29 is 5.11 Å². The Morgan fingerprint density at radius 3 is 2.42 bits per heavy atom. The lowest BCUT2D eigenvalue weighted by molar-refractivity contribution is 0.460. The molecule has 2 N–H and O–H groups in total. The average molecular weight is 273 g/mol. The molecular weight excluding hydrogens is 254 g/mol. The molecule has 0 fully saturated rings. The van der Waals surface area contributed by atoms with Crippen molar-refractivity contribution in [1.29, 1.82) is 0 Å². The van der Waals surface area contributed by atoms with E-state index < -0.39 is 0 Å². The van der Waals surface area contributed by atoms with Crippen LogP contribution in [0.5, 0.6) is 5.75 Å². The molecule has 1 atom stereocenters. The summed E-state index contributed by atoms with van der Waals surface area (Å²) < 4.78 is 0. The summed E-state index contributed by atoms with van der Waals surface area (Å²) in [5.74, 6) is 0.347. The molecule has 0 amide bonds. The number of para-hydroxylation sites is 1. The highest BCUT2D eigenvalue weighted by molar-refractivity contribution is 7.98. The molecule has 2 aromatic carbocycles. The van der Waals surface area contributed by atoms with E-state index in [-0.39, 0.29) is 6.04 Å². The van der Waals surface area contributed by atoms with Crippen LogP contribution in [0.15, 0.2) is 53.4 Å². The van der Waals surface area contributed by atoms with E-state index in [1.54, 1.807) is 17.8 Å². The maximum absolute atomic E-state index is 9.72. The topological polar surface area (TPSA) is 32.3 Å². The SMILES string of the molecule is CSc1ccc(C(C)NCc2ccccc2O)cc1. The van der Waals surface area contributed by atoms with Gasteiger partial charge in [-0.15, -0.1) is 11.8 Å². The number of nitrogens with one attached hydrogen (secondary N) is 1. The Morgan fingerprint density at radius 1 is 1.11 bits per heavy atom. The third-order valence-corrected chi connectivity index (χ3v) is 3.95. The van der Waals surface area contributed by atoms with Crippen LogP contribution in [0, 0.1) is 0 Å². The van der Waals surface area contributed by atoms with Crippen molar-refractivity contribution in [2.75, 3.05) is 6.26 Å².